The maximum atomic E-state index is 12.0. The number of nitrogens with one attached hydrogen (secondary N) is 1. The Morgan fingerprint density at radius 2 is 1.74 bits per heavy atom. The van der Waals surface area contributed by atoms with Crippen LogP contribution in [0.3, 0.4) is 0 Å². The van der Waals surface area contributed by atoms with E-state index in [-0.39, 0.29) is 0 Å². The molecule has 0 aromatic heterocycles. The number of allylic oxidation sites excluding steroid dienone is 1. The highest BCUT2D eigenvalue weighted by molar-refractivity contribution is 6.50. The molecule has 4 rings (SSSR count). The average Bonchev–Trinajstić information content (AvgIpc) is 2.69. The Balaban J connectivity index is 1.49. The molecule has 0 amide bonds. The van der Waals surface area contributed by atoms with Crippen LogP contribution in [0.4, 0.5) is 5.69 Å². The molecular weight excluding hydrogens is 336 g/mol. The number of hydrogen-bond acceptors (Lipinski definition) is 4. The summed E-state index contributed by atoms with van der Waals surface area (Å²) in [6.45, 7) is 4.45. The number of carbonyl (C=O) groups excluding carboxylic acids is 2. The van der Waals surface area contributed by atoms with Crippen molar-refractivity contribution in [1.82, 2.24) is 4.90 Å². The topological polar surface area (TPSA) is 49.4 Å². The fraction of sp³-hybridized carbons (Fsp3) is 0.304. The molecule has 1 saturated heterocycles. The molecule has 4 nitrogen and oxygen atoms in total. The summed E-state index contributed by atoms with van der Waals surface area (Å²) in [5.74, 6) is -0.922. The molecule has 2 aromatic rings. The predicted octanol–water partition coefficient (Wildman–Crippen LogP) is 4.28. The number of nitrogens with zero attached hydrogens (tertiary/aromatic N) is 1. The Morgan fingerprint density at radius 1 is 1.00 bits per heavy atom. The van der Waals surface area contributed by atoms with Crippen LogP contribution in [0.15, 0.2) is 54.6 Å². The number of carbonyl (C=O) groups is 2. The molecule has 0 spiro atoms. The molecule has 27 heavy (non-hydrogen) atoms. The van der Waals surface area contributed by atoms with Crippen LogP contribution in [0, 0.1) is 0 Å². The van der Waals surface area contributed by atoms with E-state index in [4.69, 9.17) is 0 Å². The number of rotatable bonds is 4. The zero-order chi connectivity index (χ0) is 18.8. The van der Waals surface area contributed by atoms with E-state index in [1.54, 1.807) is 12.1 Å². The van der Waals surface area contributed by atoms with Crippen LogP contribution < -0.4 is 5.32 Å². The lowest BCUT2D eigenvalue weighted by atomic mass is 9.92. The van der Waals surface area contributed by atoms with Crippen molar-refractivity contribution < 1.29 is 9.59 Å². The smallest absolute Gasteiger partial charge is 0.233 e. The molecular formula is C23H24N2O2. The Bertz CT molecular complexity index is 899. The second kappa shape index (κ2) is 7.49. The molecule has 2 aromatic carbocycles. The van der Waals surface area contributed by atoms with Gasteiger partial charge in [-0.15, -0.1) is 0 Å². The quantitative estimate of drug-likeness (QED) is 0.827. The molecule has 0 unspecified atom stereocenters. The van der Waals surface area contributed by atoms with E-state index in [1.165, 1.54) is 37.4 Å². The van der Waals surface area contributed by atoms with Gasteiger partial charge in [-0.1, -0.05) is 42.8 Å². The first-order valence-corrected chi connectivity index (χ1v) is 9.61. The van der Waals surface area contributed by atoms with Gasteiger partial charge in [0.15, 0.2) is 0 Å². The van der Waals surface area contributed by atoms with E-state index in [9.17, 15) is 9.59 Å². The zero-order valence-corrected chi connectivity index (χ0v) is 15.6. The van der Waals surface area contributed by atoms with E-state index >= 15 is 0 Å². The molecule has 1 aliphatic carbocycles. The van der Waals surface area contributed by atoms with Crippen LogP contribution in [-0.4, -0.2) is 29.1 Å². The minimum Gasteiger partial charge on any atom is -0.355 e. The van der Waals surface area contributed by atoms with Gasteiger partial charge in [0.25, 0.3) is 0 Å². The van der Waals surface area contributed by atoms with E-state index < -0.39 is 11.6 Å². The summed E-state index contributed by atoms with van der Waals surface area (Å²) < 4.78 is 0. The lowest BCUT2D eigenvalue weighted by Gasteiger charge is -2.33. The van der Waals surface area contributed by atoms with Crippen LogP contribution >= 0.6 is 0 Å². The normalized spacial score (nSPS) is 20.2. The second-order valence-corrected chi connectivity index (χ2v) is 7.43. The summed E-state index contributed by atoms with van der Waals surface area (Å²) in [7, 11) is 0. The number of piperidine rings is 1. The molecule has 1 fully saturated rings. The van der Waals surface area contributed by atoms with E-state index in [0.29, 0.717) is 17.3 Å². The molecule has 0 radical (unpaired) electrons. The van der Waals surface area contributed by atoms with Gasteiger partial charge in [0, 0.05) is 35.5 Å². The predicted molar refractivity (Wildman–Crippen MR) is 108 cm³/mol. The highest BCUT2D eigenvalue weighted by Crippen LogP contribution is 2.27. The Morgan fingerprint density at radius 3 is 2.48 bits per heavy atom. The van der Waals surface area contributed by atoms with Crippen molar-refractivity contribution in [2.45, 2.75) is 38.8 Å². The number of likely N-dealkylation sites (tertiary alicyclic amines) is 1. The third kappa shape index (κ3) is 3.71. The molecule has 1 atom stereocenters. The van der Waals surface area contributed by atoms with Crippen molar-refractivity contribution in [3.8, 4) is 0 Å². The fourth-order valence-electron chi connectivity index (χ4n) is 3.90. The first kappa shape index (κ1) is 17.7. The van der Waals surface area contributed by atoms with Crippen molar-refractivity contribution in [1.29, 1.82) is 0 Å². The van der Waals surface area contributed by atoms with Crippen molar-refractivity contribution in [3.63, 3.8) is 0 Å². The number of fused-ring (bicyclic) bond motifs is 1. The first-order valence-electron chi connectivity index (χ1n) is 9.61. The molecule has 4 heteroatoms. The van der Waals surface area contributed by atoms with Gasteiger partial charge in [-0.25, -0.2) is 0 Å². The lowest BCUT2D eigenvalue weighted by Crippen LogP contribution is -2.36. The van der Waals surface area contributed by atoms with Crippen LogP contribution in [-0.2, 0) is 11.3 Å². The monoisotopic (exact) mass is 360 g/mol. The molecule has 1 N–H and O–H groups in total. The third-order valence-electron chi connectivity index (χ3n) is 5.52. The first-order chi connectivity index (χ1) is 13.1. The van der Waals surface area contributed by atoms with Crippen molar-refractivity contribution in [2.24, 2.45) is 0 Å². The molecule has 1 heterocycles. The summed E-state index contributed by atoms with van der Waals surface area (Å²) in [5, 5.41) is 3.30. The summed E-state index contributed by atoms with van der Waals surface area (Å²) in [6.07, 6.45) is 5.29. The molecule has 0 bridgehead atoms. The molecule has 138 valence electrons. The van der Waals surface area contributed by atoms with Crippen molar-refractivity contribution >= 4 is 23.0 Å². The number of ketones is 2. The Labute approximate surface area is 159 Å². The minimum atomic E-state index is -0.480. The highest BCUT2D eigenvalue weighted by atomic mass is 16.2. The summed E-state index contributed by atoms with van der Waals surface area (Å²) in [6, 6.07) is 16.2. The van der Waals surface area contributed by atoms with E-state index in [2.05, 4.69) is 29.3 Å². The molecule has 1 aliphatic heterocycles. The van der Waals surface area contributed by atoms with E-state index in [0.717, 1.165) is 17.8 Å². The Kier molecular flexibility index (Phi) is 4.90. The standard InChI is InChI=1S/C23H24N2O2/c1-16-6-4-5-13-25(16)15-17-9-11-18(12-10-17)24-21-14-22(26)23(27)20-8-3-2-7-19(20)21/h2-3,7-12,14,16,24H,4-6,13,15H2,1H3/t16-/m0/s1. The van der Waals surface area contributed by atoms with Crippen LogP contribution in [0.2, 0.25) is 0 Å². The van der Waals surface area contributed by atoms with Crippen molar-refractivity contribution in [3.05, 3.63) is 71.3 Å². The van der Waals surface area contributed by atoms with Gasteiger partial charge in [-0.3, -0.25) is 14.5 Å². The molecule has 0 saturated carbocycles. The van der Waals surface area contributed by atoms with Crippen LogP contribution in [0.1, 0.15) is 47.7 Å². The second-order valence-electron chi connectivity index (χ2n) is 7.43. The average molecular weight is 360 g/mol. The Hall–Kier alpha value is -2.72. The van der Waals surface area contributed by atoms with Gasteiger partial charge < -0.3 is 5.32 Å². The maximum absolute atomic E-state index is 12.0. The van der Waals surface area contributed by atoms with Crippen LogP contribution in [0.25, 0.3) is 5.70 Å². The number of anilines is 1. The largest absolute Gasteiger partial charge is 0.355 e. The number of Topliss-reactive ketones (excluding diaryl/α,β-unsaturated/α-hetero) is 1. The zero-order valence-electron chi connectivity index (χ0n) is 15.6. The van der Waals surface area contributed by atoms with Gasteiger partial charge >= 0.3 is 0 Å². The number of benzene rings is 2. The molecule has 2 aliphatic rings. The number of hydrogen-bond donors (Lipinski definition) is 1. The SMILES string of the molecule is C[C@H]1CCCCN1Cc1ccc(NC2=CC(=O)C(=O)c3ccccc32)cc1. The lowest BCUT2D eigenvalue weighted by molar-refractivity contribution is -0.111. The van der Waals surface area contributed by atoms with Gasteiger partial charge in [0.2, 0.25) is 11.6 Å². The van der Waals surface area contributed by atoms with Gasteiger partial charge in [-0.05, 0) is 44.0 Å². The minimum absolute atomic E-state index is 0.442. The summed E-state index contributed by atoms with van der Waals surface area (Å²) in [5.41, 5.74) is 4.11. The maximum Gasteiger partial charge on any atom is 0.233 e. The van der Waals surface area contributed by atoms with Crippen LogP contribution in [0.5, 0.6) is 0 Å². The van der Waals surface area contributed by atoms with Gasteiger partial charge in [0.1, 0.15) is 0 Å². The van der Waals surface area contributed by atoms with Gasteiger partial charge in [0.05, 0.1) is 5.70 Å². The highest BCUT2D eigenvalue weighted by Gasteiger charge is 2.25. The van der Waals surface area contributed by atoms with E-state index in [1.807, 2.05) is 24.3 Å². The summed E-state index contributed by atoms with van der Waals surface area (Å²) in [4.78, 5) is 26.6. The van der Waals surface area contributed by atoms with Gasteiger partial charge in [-0.2, -0.15) is 0 Å². The third-order valence-corrected chi connectivity index (χ3v) is 5.52. The fourth-order valence-corrected chi connectivity index (χ4v) is 3.90. The summed E-state index contributed by atoms with van der Waals surface area (Å²) >= 11 is 0. The van der Waals surface area contributed by atoms with Crippen molar-refractivity contribution in [2.75, 3.05) is 11.9 Å².